The molecular weight excluding hydrogens is 412 g/mol. The van der Waals surface area contributed by atoms with Crippen molar-refractivity contribution in [1.29, 1.82) is 0 Å². The van der Waals surface area contributed by atoms with E-state index in [1.807, 2.05) is 60.7 Å². The number of aliphatic hydroxyl groups is 1. The number of ketones is 1. The summed E-state index contributed by atoms with van der Waals surface area (Å²) < 4.78 is 0. The average molecular weight is 441 g/mol. The van der Waals surface area contributed by atoms with Crippen molar-refractivity contribution in [1.82, 2.24) is 4.98 Å². The van der Waals surface area contributed by atoms with Gasteiger partial charge in [-0.1, -0.05) is 61.9 Å². The number of hydrogen-bond donors (Lipinski definition) is 1. The van der Waals surface area contributed by atoms with Gasteiger partial charge < -0.3 is 5.11 Å². The number of aliphatic hydroxyl groups excluding tert-OH is 1. The highest BCUT2D eigenvalue weighted by molar-refractivity contribution is 6.16. The number of aromatic nitrogens is 1. The molecule has 0 saturated heterocycles. The highest BCUT2D eigenvalue weighted by atomic mass is 16.3. The van der Waals surface area contributed by atoms with Gasteiger partial charge in [-0.2, -0.15) is 0 Å². The summed E-state index contributed by atoms with van der Waals surface area (Å²) in [5, 5.41) is 10.8. The lowest BCUT2D eigenvalue weighted by Gasteiger charge is -2.26. The molecule has 1 atom stereocenters. The largest absolute Gasteiger partial charge is 0.503 e. The molecule has 3 aromatic rings. The van der Waals surface area contributed by atoms with Crippen LogP contribution in [0.15, 0.2) is 90.3 Å². The summed E-state index contributed by atoms with van der Waals surface area (Å²) in [7, 11) is 0. The van der Waals surface area contributed by atoms with Crippen LogP contribution in [0.4, 0.5) is 5.69 Å². The van der Waals surface area contributed by atoms with Gasteiger partial charge in [-0.05, 0) is 54.7 Å². The second-order valence-electron chi connectivity index (χ2n) is 8.27. The first kappa shape index (κ1) is 22.5. The number of pyridine rings is 1. The van der Waals surface area contributed by atoms with E-state index in [0.717, 1.165) is 24.8 Å². The zero-order valence-corrected chi connectivity index (χ0v) is 18.8. The molecule has 5 nitrogen and oxygen atoms in total. The standard InChI is InChI=1S/C28H28N2O3/c1-2-3-9-21-13-16-22(17-14-21)30-26(23-12-7-8-19-29-23)25(27(32)28(30)33)24(31)18-15-20-10-5-4-6-11-20/h4-8,10-14,16-17,19,26,32H,2-3,9,15,18H2,1H3. The lowest BCUT2D eigenvalue weighted by atomic mass is 9.95. The number of nitrogens with zero attached hydrogens (tertiary/aromatic N) is 2. The average Bonchev–Trinajstić information content (AvgIpc) is 3.13. The molecule has 5 heteroatoms. The lowest BCUT2D eigenvalue weighted by molar-refractivity contribution is -0.118. The van der Waals surface area contributed by atoms with Gasteiger partial charge in [0, 0.05) is 18.3 Å². The maximum atomic E-state index is 13.3. The van der Waals surface area contributed by atoms with Gasteiger partial charge >= 0.3 is 0 Å². The van der Waals surface area contributed by atoms with Crippen LogP contribution in [0.2, 0.25) is 0 Å². The van der Waals surface area contributed by atoms with Gasteiger partial charge in [-0.3, -0.25) is 19.5 Å². The first-order valence-electron chi connectivity index (χ1n) is 11.4. The molecule has 4 rings (SSSR count). The van der Waals surface area contributed by atoms with E-state index in [-0.39, 0.29) is 17.8 Å². The minimum Gasteiger partial charge on any atom is -0.503 e. The van der Waals surface area contributed by atoms with E-state index in [0.29, 0.717) is 17.8 Å². The molecule has 1 aliphatic rings. The predicted octanol–water partition coefficient (Wildman–Crippen LogP) is 5.53. The summed E-state index contributed by atoms with van der Waals surface area (Å²) in [6.07, 6.45) is 5.55. The number of carbonyl (C=O) groups excluding carboxylic acids is 2. The molecule has 1 aliphatic heterocycles. The SMILES string of the molecule is CCCCc1ccc(N2C(=O)C(O)=C(C(=O)CCc3ccccc3)C2c2ccccn2)cc1. The lowest BCUT2D eigenvalue weighted by Crippen LogP contribution is -2.31. The van der Waals surface area contributed by atoms with Crippen LogP contribution in [0.5, 0.6) is 0 Å². The molecule has 0 radical (unpaired) electrons. The van der Waals surface area contributed by atoms with Crippen molar-refractivity contribution in [3.05, 3.63) is 107 Å². The number of amides is 1. The number of benzene rings is 2. The molecule has 1 unspecified atom stereocenters. The van der Waals surface area contributed by atoms with Crippen molar-refractivity contribution < 1.29 is 14.7 Å². The Bertz CT molecular complexity index is 1140. The van der Waals surface area contributed by atoms with Crippen LogP contribution in [-0.4, -0.2) is 21.8 Å². The van der Waals surface area contributed by atoms with Crippen LogP contribution < -0.4 is 4.90 Å². The number of aryl methyl sites for hydroxylation is 2. The predicted molar refractivity (Wildman–Crippen MR) is 129 cm³/mol. The van der Waals surface area contributed by atoms with E-state index >= 15 is 0 Å². The smallest absolute Gasteiger partial charge is 0.294 e. The topological polar surface area (TPSA) is 70.5 Å². The van der Waals surface area contributed by atoms with E-state index in [9.17, 15) is 14.7 Å². The molecule has 0 spiro atoms. The Morgan fingerprint density at radius 2 is 1.64 bits per heavy atom. The van der Waals surface area contributed by atoms with Gasteiger partial charge in [-0.15, -0.1) is 0 Å². The Morgan fingerprint density at radius 1 is 0.939 bits per heavy atom. The molecule has 0 saturated carbocycles. The van der Waals surface area contributed by atoms with Gasteiger partial charge in [0.15, 0.2) is 11.5 Å². The van der Waals surface area contributed by atoms with Crippen LogP contribution in [-0.2, 0) is 22.4 Å². The van der Waals surface area contributed by atoms with E-state index < -0.39 is 17.7 Å². The van der Waals surface area contributed by atoms with Crippen molar-refractivity contribution >= 4 is 17.4 Å². The van der Waals surface area contributed by atoms with Crippen LogP contribution in [0.1, 0.15) is 49.0 Å². The fourth-order valence-electron chi connectivity index (χ4n) is 4.22. The van der Waals surface area contributed by atoms with Gasteiger partial charge in [0.1, 0.15) is 6.04 Å². The Hall–Kier alpha value is -3.73. The second kappa shape index (κ2) is 10.3. The van der Waals surface area contributed by atoms with Crippen molar-refractivity contribution in [2.24, 2.45) is 0 Å². The third-order valence-corrected chi connectivity index (χ3v) is 5.99. The Balaban J connectivity index is 1.65. The van der Waals surface area contributed by atoms with Gasteiger partial charge in [0.05, 0.1) is 11.3 Å². The van der Waals surface area contributed by atoms with Crippen molar-refractivity contribution in [3.8, 4) is 0 Å². The molecule has 33 heavy (non-hydrogen) atoms. The molecule has 1 N–H and O–H groups in total. The normalized spacial score (nSPS) is 15.8. The van der Waals surface area contributed by atoms with Crippen molar-refractivity contribution in [2.45, 2.75) is 45.1 Å². The number of hydrogen-bond acceptors (Lipinski definition) is 4. The minimum atomic E-state index is -0.761. The van der Waals surface area contributed by atoms with Crippen molar-refractivity contribution in [2.75, 3.05) is 4.90 Å². The molecule has 2 aromatic carbocycles. The van der Waals surface area contributed by atoms with E-state index in [1.54, 1.807) is 18.3 Å². The zero-order valence-electron chi connectivity index (χ0n) is 18.8. The van der Waals surface area contributed by atoms with Crippen LogP contribution in [0, 0.1) is 0 Å². The Kier molecular flexibility index (Phi) is 6.98. The van der Waals surface area contributed by atoms with E-state index in [4.69, 9.17) is 0 Å². The number of carbonyl (C=O) groups is 2. The quantitative estimate of drug-likeness (QED) is 0.475. The third-order valence-electron chi connectivity index (χ3n) is 5.99. The van der Waals surface area contributed by atoms with Crippen LogP contribution in [0.25, 0.3) is 0 Å². The molecule has 1 aromatic heterocycles. The number of unbranched alkanes of at least 4 members (excludes halogenated alkanes) is 1. The first-order valence-corrected chi connectivity index (χ1v) is 11.4. The van der Waals surface area contributed by atoms with Gasteiger partial charge in [0.2, 0.25) is 0 Å². The van der Waals surface area contributed by atoms with Gasteiger partial charge in [0.25, 0.3) is 5.91 Å². The monoisotopic (exact) mass is 440 g/mol. The van der Waals surface area contributed by atoms with Crippen LogP contribution >= 0.6 is 0 Å². The summed E-state index contributed by atoms with van der Waals surface area (Å²) >= 11 is 0. The summed E-state index contributed by atoms with van der Waals surface area (Å²) in [5.41, 5.74) is 3.52. The highest BCUT2D eigenvalue weighted by Crippen LogP contribution is 2.40. The fourth-order valence-corrected chi connectivity index (χ4v) is 4.22. The molecular formula is C28H28N2O3. The first-order chi connectivity index (χ1) is 16.1. The number of rotatable bonds is 9. The summed E-state index contributed by atoms with van der Waals surface area (Å²) in [6.45, 7) is 2.15. The number of anilines is 1. The summed E-state index contributed by atoms with van der Waals surface area (Å²) in [4.78, 5) is 32.4. The molecule has 0 aliphatic carbocycles. The summed E-state index contributed by atoms with van der Waals surface area (Å²) in [5.74, 6) is -1.31. The Morgan fingerprint density at radius 3 is 2.30 bits per heavy atom. The van der Waals surface area contributed by atoms with E-state index in [1.165, 1.54) is 10.5 Å². The van der Waals surface area contributed by atoms with Crippen LogP contribution in [0.3, 0.4) is 0 Å². The second-order valence-corrected chi connectivity index (χ2v) is 8.27. The van der Waals surface area contributed by atoms with Crippen molar-refractivity contribution in [3.63, 3.8) is 0 Å². The highest BCUT2D eigenvalue weighted by Gasteiger charge is 2.44. The molecule has 0 fully saturated rings. The molecule has 1 amide bonds. The molecule has 0 bridgehead atoms. The fraction of sp³-hybridized carbons (Fsp3) is 0.250. The molecule has 168 valence electrons. The summed E-state index contributed by atoms with van der Waals surface area (Å²) in [6, 6.07) is 22.1. The maximum Gasteiger partial charge on any atom is 0.294 e. The van der Waals surface area contributed by atoms with Gasteiger partial charge in [-0.25, -0.2) is 0 Å². The zero-order chi connectivity index (χ0) is 23.2. The maximum absolute atomic E-state index is 13.3. The number of Topliss-reactive ketones (excluding diaryl/α,β-unsaturated/α-hetero) is 1. The third kappa shape index (κ3) is 4.87. The van der Waals surface area contributed by atoms with E-state index in [2.05, 4.69) is 11.9 Å². The molecule has 2 heterocycles. The minimum absolute atomic E-state index is 0.115. The Labute approximate surface area is 194 Å².